The third-order valence-corrected chi connectivity index (χ3v) is 8.14. The first-order valence-electron chi connectivity index (χ1n) is 13.0. The highest BCUT2D eigenvalue weighted by Crippen LogP contribution is 2.46. The molecule has 4 rings (SSSR count). The van der Waals surface area contributed by atoms with Crippen molar-refractivity contribution < 1.29 is 0 Å². The molecule has 0 bridgehead atoms. The average Bonchev–Trinajstić information content (AvgIpc) is 2.78. The van der Waals surface area contributed by atoms with Crippen LogP contribution in [0.3, 0.4) is 0 Å². The molecule has 2 aromatic rings. The lowest BCUT2D eigenvalue weighted by atomic mass is 9.68. The maximum atomic E-state index is 4.56. The first-order valence-corrected chi connectivity index (χ1v) is 13.0. The largest absolute Gasteiger partial charge is 0.355 e. The summed E-state index contributed by atoms with van der Waals surface area (Å²) >= 11 is 0. The van der Waals surface area contributed by atoms with E-state index < -0.39 is 0 Å². The Hall–Kier alpha value is -2.28. The summed E-state index contributed by atoms with van der Waals surface area (Å²) in [6.07, 6.45) is 10.6. The molecule has 2 saturated carbocycles. The van der Waals surface area contributed by atoms with Crippen LogP contribution in [0.4, 0.5) is 11.4 Å². The number of benzene rings is 2. The molecule has 2 aliphatic rings. The van der Waals surface area contributed by atoms with Crippen molar-refractivity contribution in [2.45, 2.75) is 90.4 Å². The van der Waals surface area contributed by atoms with Crippen molar-refractivity contribution in [3.05, 3.63) is 83.5 Å². The smallest absolute Gasteiger partial charge is 0.0416 e. The SMILES string of the molecule is C=C1CC(c2cccc(Nc3ccc(C(C)(C)C)cc3)c2C)CC(=C)C1CC1CCCCC1. The van der Waals surface area contributed by atoms with E-state index in [1.54, 1.807) is 0 Å². The van der Waals surface area contributed by atoms with Crippen LogP contribution in [0.1, 0.15) is 94.7 Å². The molecule has 33 heavy (non-hydrogen) atoms. The van der Waals surface area contributed by atoms with Gasteiger partial charge in [0, 0.05) is 17.3 Å². The molecule has 0 aliphatic heterocycles. The van der Waals surface area contributed by atoms with E-state index in [2.05, 4.69) is 88.6 Å². The van der Waals surface area contributed by atoms with Gasteiger partial charge in [0.2, 0.25) is 0 Å². The van der Waals surface area contributed by atoms with Gasteiger partial charge in [-0.1, -0.05) is 101 Å². The summed E-state index contributed by atoms with van der Waals surface area (Å²) in [7, 11) is 0. The molecule has 0 saturated heterocycles. The summed E-state index contributed by atoms with van der Waals surface area (Å²) in [5.74, 6) is 1.91. The Kier molecular flexibility index (Phi) is 7.17. The summed E-state index contributed by atoms with van der Waals surface area (Å²) < 4.78 is 0. The molecular weight excluding hydrogens is 398 g/mol. The van der Waals surface area contributed by atoms with Crippen LogP contribution in [-0.4, -0.2) is 0 Å². The molecule has 0 radical (unpaired) electrons. The molecule has 1 nitrogen and oxygen atoms in total. The summed E-state index contributed by atoms with van der Waals surface area (Å²) in [5, 5.41) is 3.67. The molecule has 1 N–H and O–H groups in total. The number of hydrogen-bond acceptors (Lipinski definition) is 1. The maximum absolute atomic E-state index is 4.56. The summed E-state index contributed by atoms with van der Waals surface area (Å²) in [6.45, 7) is 18.2. The molecule has 0 unspecified atom stereocenters. The van der Waals surface area contributed by atoms with Crippen molar-refractivity contribution in [2.75, 3.05) is 5.32 Å². The van der Waals surface area contributed by atoms with E-state index >= 15 is 0 Å². The van der Waals surface area contributed by atoms with Gasteiger partial charge in [-0.25, -0.2) is 0 Å². The normalized spacial score (nSPS) is 22.4. The predicted molar refractivity (Wildman–Crippen MR) is 145 cm³/mol. The second-order valence-electron chi connectivity index (χ2n) is 11.7. The van der Waals surface area contributed by atoms with Crippen LogP contribution >= 0.6 is 0 Å². The molecule has 1 heteroatoms. The van der Waals surface area contributed by atoms with E-state index in [9.17, 15) is 0 Å². The Bertz CT molecular complexity index is 964. The van der Waals surface area contributed by atoms with E-state index in [1.807, 2.05) is 0 Å². The van der Waals surface area contributed by atoms with E-state index in [0.717, 1.165) is 24.4 Å². The lowest BCUT2D eigenvalue weighted by Crippen LogP contribution is -2.22. The quantitative estimate of drug-likeness (QED) is 0.455. The monoisotopic (exact) mass is 441 g/mol. The third kappa shape index (κ3) is 5.62. The van der Waals surface area contributed by atoms with Gasteiger partial charge in [-0.05, 0) is 78.3 Å². The molecule has 0 heterocycles. The fourth-order valence-electron chi connectivity index (χ4n) is 6.03. The number of nitrogens with one attached hydrogen (secondary N) is 1. The Labute approximate surface area is 202 Å². The van der Waals surface area contributed by atoms with Crippen molar-refractivity contribution in [1.82, 2.24) is 0 Å². The minimum absolute atomic E-state index is 0.176. The number of rotatable bonds is 5. The van der Waals surface area contributed by atoms with Crippen LogP contribution in [0.2, 0.25) is 0 Å². The Morgan fingerprint density at radius 2 is 1.52 bits per heavy atom. The van der Waals surface area contributed by atoms with Crippen molar-refractivity contribution in [3.8, 4) is 0 Å². The second-order valence-corrected chi connectivity index (χ2v) is 11.7. The molecule has 0 spiro atoms. The Morgan fingerprint density at radius 3 is 2.12 bits per heavy atom. The van der Waals surface area contributed by atoms with Gasteiger partial charge in [0.05, 0.1) is 0 Å². The first kappa shape index (κ1) is 23.9. The molecule has 2 aliphatic carbocycles. The minimum atomic E-state index is 0.176. The van der Waals surface area contributed by atoms with Gasteiger partial charge in [-0.2, -0.15) is 0 Å². The average molecular weight is 442 g/mol. The Balaban J connectivity index is 1.46. The van der Waals surface area contributed by atoms with Crippen molar-refractivity contribution >= 4 is 11.4 Å². The molecular formula is C32H43N. The van der Waals surface area contributed by atoms with E-state index in [4.69, 9.17) is 0 Å². The summed E-state index contributed by atoms with van der Waals surface area (Å²) in [4.78, 5) is 0. The van der Waals surface area contributed by atoms with E-state index in [-0.39, 0.29) is 5.41 Å². The van der Waals surface area contributed by atoms with Gasteiger partial charge in [-0.3, -0.25) is 0 Å². The first-order chi connectivity index (χ1) is 15.7. The van der Waals surface area contributed by atoms with Gasteiger partial charge in [0.1, 0.15) is 0 Å². The van der Waals surface area contributed by atoms with Crippen LogP contribution in [0.15, 0.2) is 66.8 Å². The number of hydrogen-bond donors (Lipinski definition) is 1. The van der Waals surface area contributed by atoms with Crippen LogP contribution in [0.25, 0.3) is 0 Å². The lowest BCUT2D eigenvalue weighted by Gasteiger charge is -2.36. The van der Waals surface area contributed by atoms with Gasteiger partial charge in [-0.15, -0.1) is 0 Å². The molecule has 2 aromatic carbocycles. The number of anilines is 2. The zero-order chi connectivity index (χ0) is 23.6. The standard InChI is InChI=1S/C32H43N/c1-22-19-26(20-23(2)30(22)21-25-11-8-7-9-12-25)29-13-10-14-31(24(29)3)33-28-17-15-27(16-18-28)32(4,5)6/h10,13-18,25-26,30,33H,1-2,7-9,11-12,19-21H2,3-6H3. The zero-order valence-electron chi connectivity index (χ0n) is 21.3. The lowest BCUT2D eigenvalue weighted by molar-refractivity contribution is 0.304. The van der Waals surface area contributed by atoms with Gasteiger partial charge < -0.3 is 5.32 Å². The fraction of sp³-hybridized carbons (Fsp3) is 0.500. The van der Waals surface area contributed by atoms with Crippen LogP contribution in [0, 0.1) is 18.8 Å². The molecule has 0 aromatic heterocycles. The van der Waals surface area contributed by atoms with E-state index in [1.165, 1.54) is 72.0 Å². The van der Waals surface area contributed by atoms with Gasteiger partial charge >= 0.3 is 0 Å². The van der Waals surface area contributed by atoms with Crippen LogP contribution < -0.4 is 5.32 Å². The van der Waals surface area contributed by atoms with Crippen molar-refractivity contribution in [3.63, 3.8) is 0 Å². The topological polar surface area (TPSA) is 12.0 Å². The zero-order valence-corrected chi connectivity index (χ0v) is 21.3. The third-order valence-electron chi connectivity index (χ3n) is 8.14. The maximum Gasteiger partial charge on any atom is 0.0416 e. The van der Waals surface area contributed by atoms with E-state index in [0.29, 0.717) is 11.8 Å². The van der Waals surface area contributed by atoms with Crippen molar-refractivity contribution in [2.24, 2.45) is 11.8 Å². The molecule has 0 amide bonds. The molecule has 2 fully saturated rings. The van der Waals surface area contributed by atoms with Crippen molar-refractivity contribution in [1.29, 1.82) is 0 Å². The van der Waals surface area contributed by atoms with Gasteiger partial charge in [0.25, 0.3) is 0 Å². The highest BCUT2D eigenvalue weighted by atomic mass is 14.9. The molecule has 176 valence electrons. The second kappa shape index (κ2) is 9.92. The highest BCUT2D eigenvalue weighted by Gasteiger charge is 2.31. The van der Waals surface area contributed by atoms with Crippen LogP contribution in [-0.2, 0) is 5.41 Å². The fourth-order valence-corrected chi connectivity index (χ4v) is 6.03. The van der Waals surface area contributed by atoms with Gasteiger partial charge in [0.15, 0.2) is 0 Å². The molecule has 0 atom stereocenters. The Morgan fingerprint density at radius 1 is 0.879 bits per heavy atom. The van der Waals surface area contributed by atoms with Crippen LogP contribution in [0.5, 0.6) is 0 Å². The summed E-state index contributed by atoms with van der Waals surface area (Å²) in [6, 6.07) is 15.6. The minimum Gasteiger partial charge on any atom is -0.355 e. The summed E-state index contributed by atoms with van der Waals surface area (Å²) in [5.41, 5.74) is 9.52. The predicted octanol–water partition coefficient (Wildman–Crippen LogP) is 9.61. The highest BCUT2D eigenvalue weighted by molar-refractivity contribution is 5.65. The number of allylic oxidation sites excluding steroid dienone is 2.